The van der Waals surface area contributed by atoms with Crippen molar-refractivity contribution in [3.05, 3.63) is 47.5 Å². The lowest BCUT2D eigenvalue weighted by molar-refractivity contribution is 0.0696. The third-order valence-corrected chi connectivity index (χ3v) is 4.58. The lowest BCUT2D eigenvalue weighted by atomic mass is 9.98. The Bertz CT molecular complexity index is 685. The molecule has 23 heavy (non-hydrogen) atoms. The first-order valence-corrected chi connectivity index (χ1v) is 8.22. The molecule has 1 aliphatic heterocycles. The van der Waals surface area contributed by atoms with Crippen molar-refractivity contribution >= 4 is 5.91 Å². The number of amides is 1. The van der Waals surface area contributed by atoms with Crippen LogP contribution in [0.15, 0.2) is 30.5 Å². The number of rotatable bonds is 3. The second-order valence-electron chi connectivity index (χ2n) is 6.22. The number of hydrogen-bond acceptors (Lipinski definition) is 2. The lowest BCUT2D eigenvalue weighted by Crippen LogP contribution is -2.38. The Kier molecular flexibility index (Phi) is 4.46. The van der Waals surface area contributed by atoms with E-state index in [-0.39, 0.29) is 11.7 Å². The van der Waals surface area contributed by atoms with Gasteiger partial charge in [-0.1, -0.05) is 13.8 Å². The molecular formula is C18H22FN3O. The molecule has 0 bridgehead atoms. The SMILES string of the molecule is CCc1c(C(=O)N2CCC(C)CC2)cnn1-c1ccc(F)cc1. The molecule has 4 nitrogen and oxygen atoms in total. The molecule has 2 aromatic rings. The van der Waals surface area contributed by atoms with Crippen LogP contribution in [0.25, 0.3) is 5.69 Å². The molecule has 1 saturated heterocycles. The van der Waals surface area contributed by atoms with Gasteiger partial charge in [0, 0.05) is 13.1 Å². The Labute approximate surface area is 135 Å². The normalized spacial score (nSPS) is 15.9. The molecular weight excluding hydrogens is 293 g/mol. The van der Waals surface area contributed by atoms with E-state index in [0.29, 0.717) is 17.9 Å². The van der Waals surface area contributed by atoms with Gasteiger partial charge in [0.2, 0.25) is 0 Å². The number of nitrogens with zero attached hydrogens (tertiary/aromatic N) is 3. The van der Waals surface area contributed by atoms with E-state index in [1.807, 2.05) is 11.8 Å². The molecule has 5 heteroatoms. The largest absolute Gasteiger partial charge is 0.339 e. The van der Waals surface area contributed by atoms with Crippen LogP contribution in [-0.2, 0) is 6.42 Å². The van der Waals surface area contributed by atoms with Gasteiger partial charge in [-0.3, -0.25) is 4.79 Å². The summed E-state index contributed by atoms with van der Waals surface area (Å²) in [6.45, 7) is 5.85. The van der Waals surface area contributed by atoms with Gasteiger partial charge in [0.25, 0.3) is 5.91 Å². The van der Waals surface area contributed by atoms with Crippen LogP contribution in [-0.4, -0.2) is 33.7 Å². The summed E-state index contributed by atoms with van der Waals surface area (Å²) in [4.78, 5) is 14.7. The zero-order valence-corrected chi connectivity index (χ0v) is 13.6. The molecule has 0 N–H and O–H groups in total. The molecule has 1 amide bonds. The minimum Gasteiger partial charge on any atom is -0.339 e. The summed E-state index contributed by atoms with van der Waals surface area (Å²) in [6.07, 6.45) is 4.45. The van der Waals surface area contributed by atoms with Crippen LogP contribution in [0.1, 0.15) is 42.7 Å². The fourth-order valence-electron chi connectivity index (χ4n) is 3.08. The molecule has 3 rings (SSSR count). The van der Waals surface area contributed by atoms with Crippen molar-refractivity contribution in [1.29, 1.82) is 0 Å². The molecule has 1 aromatic heterocycles. The minimum absolute atomic E-state index is 0.0575. The van der Waals surface area contributed by atoms with Gasteiger partial charge in [-0.15, -0.1) is 0 Å². The van der Waals surface area contributed by atoms with Gasteiger partial charge in [-0.2, -0.15) is 5.10 Å². The van der Waals surface area contributed by atoms with E-state index in [4.69, 9.17) is 0 Å². The monoisotopic (exact) mass is 315 g/mol. The van der Waals surface area contributed by atoms with Gasteiger partial charge < -0.3 is 4.90 Å². The van der Waals surface area contributed by atoms with Gasteiger partial charge >= 0.3 is 0 Å². The van der Waals surface area contributed by atoms with Crippen molar-refractivity contribution in [3.8, 4) is 5.69 Å². The second-order valence-corrected chi connectivity index (χ2v) is 6.22. The van der Waals surface area contributed by atoms with Gasteiger partial charge in [0.05, 0.1) is 23.1 Å². The molecule has 1 fully saturated rings. The van der Waals surface area contributed by atoms with Crippen LogP contribution in [0, 0.1) is 11.7 Å². The van der Waals surface area contributed by atoms with E-state index >= 15 is 0 Å². The molecule has 1 aliphatic rings. The Balaban J connectivity index is 1.89. The van der Waals surface area contributed by atoms with Crippen molar-refractivity contribution in [2.24, 2.45) is 5.92 Å². The Morgan fingerprint density at radius 1 is 1.26 bits per heavy atom. The summed E-state index contributed by atoms with van der Waals surface area (Å²) in [6, 6.07) is 6.17. The van der Waals surface area contributed by atoms with Crippen LogP contribution < -0.4 is 0 Å². The Morgan fingerprint density at radius 2 is 1.91 bits per heavy atom. The summed E-state index contributed by atoms with van der Waals surface area (Å²) >= 11 is 0. The van der Waals surface area contributed by atoms with Crippen molar-refractivity contribution in [2.75, 3.05) is 13.1 Å². The Morgan fingerprint density at radius 3 is 2.52 bits per heavy atom. The molecule has 0 unspecified atom stereocenters. The first-order chi connectivity index (χ1) is 11.1. The van der Waals surface area contributed by atoms with Crippen LogP contribution in [0.2, 0.25) is 0 Å². The summed E-state index contributed by atoms with van der Waals surface area (Å²) in [5.74, 6) is 0.464. The molecule has 0 atom stereocenters. The quantitative estimate of drug-likeness (QED) is 0.870. The van der Waals surface area contributed by atoms with Crippen LogP contribution in [0.3, 0.4) is 0 Å². The maximum Gasteiger partial charge on any atom is 0.257 e. The molecule has 1 aromatic carbocycles. The maximum atomic E-state index is 13.1. The highest BCUT2D eigenvalue weighted by atomic mass is 19.1. The molecule has 2 heterocycles. The van der Waals surface area contributed by atoms with Crippen LogP contribution in [0.4, 0.5) is 4.39 Å². The molecule has 0 spiro atoms. The van der Waals surface area contributed by atoms with Crippen molar-refractivity contribution in [2.45, 2.75) is 33.1 Å². The van der Waals surface area contributed by atoms with Gasteiger partial charge in [-0.05, 0) is 49.4 Å². The average molecular weight is 315 g/mol. The summed E-state index contributed by atoms with van der Waals surface area (Å²) in [5, 5.41) is 4.36. The topological polar surface area (TPSA) is 38.1 Å². The summed E-state index contributed by atoms with van der Waals surface area (Å²) < 4.78 is 14.8. The van der Waals surface area contributed by atoms with Crippen LogP contribution >= 0.6 is 0 Å². The molecule has 0 aliphatic carbocycles. The highest BCUT2D eigenvalue weighted by Crippen LogP contribution is 2.21. The maximum absolute atomic E-state index is 13.1. The number of benzene rings is 1. The fourth-order valence-corrected chi connectivity index (χ4v) is 3.08. The van der Waals surface area contributed by atoms with E-state index in [1.165, 1.54) is 12.1 Å². The minimum atomic E-state index is -0.280. The van der Waals surface area contributed by atoms with E-state index in [9.17, 15) is 9.18 Å². The van der Waals surface area contributed by atoms with Crippen molar-refractivity contribution < 1.29 is 9.18 Å². The number of carbonyl (C=O) groups excluding carboxylic acids is 1. The van der Waals surface area contributed by atoms with E-state index in [2.05, 4.69) is 12.0 Å². The number of hydrogen-bond donors (Lipinski definition) is 0. The summed E-state index contributed by atoms with van der Waals surface area (Å²) in [5.41, 5.74) is 2.31. The molecule has 0 radical (unpaired) electrons. The van der Waals surface area contributed by atoms with Gasteiger partial charge in [0.1, 0.15) is 5.82 Å². The van der Waals surface area contributed by atoms with E-state index in [0.717, 1.165) is 37.3 Å². The second kappa shape index (κ2) is 6.52. The van der Waals surface area contributed by atoms with Gasteiger partial charge in [0.15, 0.2) is 0 Å². The van der Waals surface area contributed by atoms with Crippen molar-refractivity contribution in [1.82, 2.24) is 14.7 Å². The number of carbonyl (C=O) groups is 1. The number of aromatic nitrogens is 2. The number of halogens is 1. The van der Waals surface area contributed by atoms with Crippen LogP contribution in [0.5, 0.6) is 0 Å². The van der Waals surface area contributed by atoms with Crippen molar-refractivity contribution in [3.63, 3.8) is 0 Å². The van der Waals surface area contributed by atoms with Gasteiger partial charge in [-0.25, -0.2) is 9.07 Å². The fraction of sp³-hybridized carbons (Fsp3) is 0.444. The third kappa shape index (κ3) is 3.14. The highest BCUT2D eigenvalue weighted by molar-refractivity contribution is 5.95. The summed E-state index contributed by atoms with van der Waals surface area (Å²) in [7, 11) is 0. The average Bonchev–Trinajstić information content (AvgIpc) is 2.99. The predicted octanol–water partition coefficient (Wildman–Crippen LogP) is 3.45. The van der Waals surface area contributed by atoms with E-state index in [1.54, 1.807) is 23.0 Å². The van der Waals surface area contributed by atoms with E-state index < -0.39 is 0 Å². The first kappa shape index (κ1) is 15.7. The zero-order valence-electron chi connectivity index (χ0n) is 13.6. The highest BCUT2D eigenvalue weighted by Gasteiger charge is 2.25. The predicted molar refractivity (Wildman–Crippen MR) is 87.2 cm³/mol. The molecule has 0 saturated carbocycles. The standard InChI is InChI=1S/C18H22FN3O/c1-3-17-16(18(23)21-10-8-13(2)9-11-21)12-20-22(17)15-6-4-14(19)5-7-15/h4-7,12-13H,3,8-11H2,1-2H3. The zero-order chi connectivity index (χ0) is 16.4. The number of piperidine rings is 1. The first-order valence-electron chi connectivity index (χ1n) is 8.22. The molecule has 122 valence electrons. The third-order valence-electron chi connectivity index (χ3n) is 4.58. The lowest BCUT2D eigenvalue weighted by Gasteiger charge is -2.30. The number of likely N-dealkylation sites (tertiary alicyclic amines) is 1. The Hall–Kier alpha value is -2.17. The smallest absolute Gasteiger partial charge is 0.257 e.